The monoisotopic (exact) mass is 410 g/mol. The number of thioether (sulfide) groups is 1. The van der Waals surface area contributed by atoms with Gasteiger partial charge in [0.05, 0.1) is 5.75 Å². The number of rotatable bonds is 8. The highest BCUT2D eigenvalue weighted by molar-refractivity contribution is 7.99. The molecule has 2 aromatic carbocycles. The molecule has 7 heteroatoms. The number of nitrogens with one attached hydrogen (secondary N) is 1. The molecule has 1 aromatic heterocycles. The fourth-order valence-electron chi connectivity index (χ4n) is 2.74. The third-order valence-electron chi connectivity index (χ3n) is 4.47. The van der Waals surface area contributed by atoms with Crippen molar-refractivity contribution in [3.63, 3.8) is 0 Å². The third-order valence-corrected chi connectivity index (χ3v) is 5.49. The number of benzene rings is 2. The van der Waals surface area contributed by atoms with Gasteiger partial charge >= 0.3 is 0 Å². The van der Waals surface area contributed by atoms with E-state index in [1.54, 1.807) is 0 Å². The van der Waals surface area contributed by atoms with Crippen LogP contribution in [0.3, 0.4) is 0 Å². The van der Waals surface area contributed by atoms with Crippen LogP contribution in [-0.2, 0) is 18.4 Å². The standard InChI is InChI=1S/C22H26N4O2S/c1-15(2)17-8-10-19(11-9-17)28-13-20-24-25-22(26(20)4)29-14-21(27)23-18-7-5-6-16(3)12-18/h5-12,15H,13-14H2,1-4H3,(H,23,27). The summed E-state index contributed by atoms with van der Waals surface area (Å²) in [6.45, 7) is 6.64. The molecule has 1 amide bonds. The summed E-state index contributed by atoms with van der Waals surface area (Å²) in [5.41, 5.74) is 3.18. The van der Waals surface area contributed by atoms with Crippen LogP contribution in [0.15, 0.2) is 53.7 Å². The number of carbonyl (C=O) groups is 1. The van der Waals surface area contributed by atoms with Crippen molar-refractivity contribution in [3.05, 3.63) is 65.5 Å². The minimum absolute atomic E-state index is 0.0772. The van der Waals surface area contributed by atoms with Crippen LogP contribution in [0.25, 0.3) is 0 Å². The molecule has 0 bridgehead atoms. The van der Waals surface area contributed by atoms with Crippen molar-refractivity contribution in [2.75, 3.05) is 11.1 Å². The zero-order valence-corrected chi connectivity index (χ0v) is 18.0. The fourth-order valence-corrected chi connectivity index (χ4v) is 3.47. The summed E-state index contributed by atoms with van der Waals surface area (Å²) >= 11 is 1.35. The number of ether oxygens (including phenoxy) is 1. The van der Waals surface area contributed by atoms with Gasteiger partial charge in [0, 0.05) is 12.7 Å². The second-order valence-electron chi connectivity index (χ2n) is 7.18. The fraction of sp³-hybridized carbons (Fsp3) is 0.318. The highest BCUT2D eigenvalue weighted by Gasteiger charge is 2.12. The van der Waals surface area contributed by atoms with E-state index in [1.165, 1.54) is 17.3 Å². The van der Waals surface area contributed by atoms with E-state index >= 15 is 0 Å². The molecule has 6 nitrogen and oxygen atoms in total. The lowest BCUT2D eigenvalue weighted by Crippen LogP contribution is -2.14. The van der Waals surface area contributed by atoms with Crippen molar-refractivity contribution in [3.8, 4) is 5.75 Å². The lowest BCUT2D eigenvalue weighted by molar-refractivity contribution is -0.113. The zero-order valence-electron chi connectivity index (χ0n) is 17.2. The minimum atomic E-state index is -0.0772. The van der Waals surface area contributed by atoms with E-state index in [4.69, 9.17) is 4.74 Å². The van der Waals surface area contributed by atoms with Gasteiger partial charge in [0.25, 0.3) is 0 Å². The average molecular weight is 411 g/mol. The smallest absolute Gasteiger partial charge is 0.234 e. The van der Waals surface area contributed by atoms with E-state index in [2.05, 4.69) is 41.5 Å². The lowest BCUT2D eigenvalue weighted by atomic mass is 10.0. The molecule has 0 radical (unpaired) electrons. The molecular formula is C22H26N4O2S. The number of aryl methyl sites for hydroxylation is 1. The Bertz CT molecular complexity index is 967. The van der Waals surface area contributed by atoms with Gasteiger partial charge in [-0.3, -0.25) is 4.79 Å². The number of anilines is 1. The average Bonchev–Trinajstić information content (AvgIpc) is 3.04. The summed E-state index contributed by atoms with van der Waals surface area (Å²) in [5, 5.41) is 11.9. The van der Waals surface area contributed by atoms with Gasteiger partial charge in [-0.1, -0.05) is 49.9 Å². The van der Waals surface area contributed by atoms with Gasteiger partial charge in [0.1, 0.15) is 12.4 Å². The maximum absolute atomic E-state index is 12.2. The first-order valence-electron chi connectivity index (χ1n) is 9.52. The molecule has 0 spiro atoms. The van der Waals surface area contributed by atoms with Crippen molar-refractivity contribution in [2.24, 2.45) is 7.05 Å². The second-order valence-corrected chi connectivity index (χ2v) is 8.12. The summed E-state index contributed by atoms with van der Waals surface area (Å²) in [6, 6.07) is 15.8. The molecule has 1 N–H and O–H groups in total. The lowest BCUT2D eigenvalue weighted by Gasteiger charge is -2.09. The van der Waals surface area contributed by atoms with E-state index in [0.29, 0.717) is 23.5 Å². The molecule has 0 unspecified atom stereocenters. The molecule has 0 aliphatic carbocycles. The van der Waals surface area contributed by atoms with Crippen molar-refractivity contribution in [2.45, 2.75) is 38.5 Å². The van der Waals surface area contributed by atoms with Gasteiger partial charge < -0.3 is 14.6 Å². The summed E-state index contributed by atoms with van der Waals surface area (Å²) < 4.78 is 7.68. The minimum Gasteiger partial charge on any atom is -0.486 e. The largest absolute Gasteiger partial charge is 0.486 e. The molecule has 29 heavy (non-hydrogen) atoms. The van der Waals surface area contributed by atoms with Crippen LogP contribution < -0.4 is 10.1 Å². The van der Waals surface area contributed by atoms with Crippen LogP contribution in [0.4, 0.5) is 5.69 Å². The second kappa shape index (κ2) is 9.60. The van der Waals surface area contributed by atoms with E-state index in [-0.39, 0.29) is 11.7 Å². The summed E-state index contributed by atoms with van der Waals surface area (Å²) in [7, 11) is 1.88. The predicted octanol–water partition coefficient (Wildman–Crippen LogP) is 4.56. The summed E-state index contributed by atoms with van der Waals surface area (Å²) in [5.74, 6) is 2.18. The maximum atomic E-state index is 12.2. The molecule has 3 aromatic rings. The molecule has 0 aliphatic rings. The normalized spacial score (nSPS) is 10.9. The van der Waals surface area contributed by atoms with Gasteiger partial charge in [0.2, 0.25) is 5.91 Å². The number of amides is 1. The van der Waals surface area contributed by atoms with Gasteiger partial charge in [0.15, 0.2) is 11.0 Å². The van der Waals surface area contributed by atoms with Crippen LogP contribution in [0.2, 0.25) is 0 Å². The molecule has 3 rings (SSSR count). The van der Waals surface area contributed by atoms with E-state index in [1.807, 2.05) is 54.9 Å². The Balaban J connectivity index is 1.51. The molecule has 0 saturated heterocycles. The van der Waals surface area contributed by atoms with E-state index < -0.39 is 0 Å². The van der Waals surface area contributed by atoms with Crippen LogP contribution in [-0.4, -0.2) is 26.4 Å². The number of aromatic nitrogens is 3. The highest BCUT2D eigenvalue weighted by Crippen LogP contribution is 2.21. The third kappa shape index (κ3) is 5.84. The van der Waals surface area contributed by atoms with Gasteiger partial charge in [-0.05, 0) is 48.2 Å². The Hall–Kier alpha value is -2.80. The first kappa shape index (κ1) is 20.9. The van der Waals surface area contributed by atoms with Crippen LogP contribution in [0, 0.1) is 6.92 Å². The number of carbonyl (C=O) groups excluding carboxylic acids is 1. The Morgan fingerprint density at radius 3 is 2.62 bits per heavy atom. The summed E-state index contributed by atoms with van der Waals surface area (Å²) in [6.07, 6.45) is 0. The van der Waals surface area contributed by atoms with Crippen LogP contribution in [0.1, 0.15) is 36.7 Å². The van der Waals surface area contributed by atoms with Gasteiger partial charge in [-0.2, -0.15) is 0 Å². The molecule has 0 saturated carbocycles. The van der Waals surface area contributed by atoms with Crippen LogP contribution in [0.5, 0.6) is 5.75 Å². The molecule has 1 heterocycles. The van der Waals surface area contributed by atoms with E-state index in [0.717, 1.165) is 17.0 Å². The first-order chi connectivity index (χ1) is 13.9. The quantitative estimate of drug-likeness (QED) is 0.552. The van der Waals surface area contributed by atoms with Gasteiger partial charge in [-0.15, -0.1) is 10.2 Å². The predicted molar refractivity (Wildman–Crippen MR) is 116 cm³/mol. The maximum Gasteiger partial charge on any atom is 0.234 e. The Kier molecular flexibility index (Phi) is 6.93. The number of hydrogen-bond acceptors (Lipinski definition) is 5. The highest BCUT2D eigenvalue weighted by atomic mass is 32.2. The first-order valence-corrected chi connectivity index (χ1v) is 10.5. The van der Waals surface area contributed by atoms with Gasteiger partial charge in [-0.25, -0.2) is 0 Å². The molecule has 0 aliphatic heterocycles. The topological polar surface area (TPSA) is 69.0 Å². The van der Waals surface area contributed by atoms with Crippen molar-refractivity contribution in [1.82, 2.24) is 14.8 Å². The SMILES string of the molecule is Cc1cccc(NC(=O)CSc2nnc(COc3ccc(C(C)C)cc3)n2C)c1. The molecular weight excluding hydrogens is 384 g/mol. The Morgan fingerprint density at radius 1 is 1.17 bits per heavy atom. The number of hydrogen-bond donors (Lipinski definition) is 1. The number of nitrogens with zero attached hydrogens (tertiary/aromatic N) is 3. The van der Waals surface area contributed by atoms with Crippen molar-refractivity contribution < 1.29 is 9.53 Å². The Morgan fingerprint density at radius 2 is 1.93 bits per heavy atom. The van der Waals surface area contributed by atoms with E-state index in [9.17, 15) is 4.79 Å². The van der Waals surface area contributed by atoms with Crippen molar-refractivity contribution in [1.29, 1.82) is 0 Å². The van der Waals surface area contributed by atoms with Crippen LogP contribution >= 0.6 is 11.8 Å². The summed E-state index contributed by atoms with van der Waals surface area (Å²) in [4.78, 5) is 12.2. The zero-order chi connectivity index (χ0) is 20.8. The molecule has 152 valence electrons. The van der Waals surface area contributed by atoms with Crippen molar-refractivity contribution >= 4 is 23.4 Å². The Labute approximate surface area is 175 Å². The molecule has 0 fully saturated rings. The molecule has 0 atom stereocenters.